The van der Waals surface area contributed by atoms with Gasteiger partial charge < -0.3 is 9.88 Å². The van der Waals surface area contributed by atoms with Crippen molar-refractivity contribution in [3.05, 3.63) is 88.4 Å². The van der Waals surface area contributed by atoms with Crippen LogP contribution in [0, 0.1) is 6.92 Å². The van der Waals surface area contributed by atoms with Crippen molar-refractivity contribution >= 4 is 11.6 Å². The molecule has 1 amide bonds. The Morgan fingerprint density at radius 1 is 1.12 bits per heavy atom. The minimum atomic E-state index is -0.466. The third-order valence-corrected chi connectivity index (χ3v) is 4.07. The molecule has 0 radical (unpaired) electrons. The molecule has 0 aliphatic heterocycles. The molecule has 2 aromatic heterocycles. The van der Waals surface area contributed by atoms with Crippen molar-refractivity contribution < 1.29 is 4.79 Å². The van der Waals surface area contributed by atoms with Crippen LogP contribution in [-0.2, 0) is 0 Å². The standard InChI is InChI=1S/C19H18N4O2/c1-13-8-9-23(14(2)15-6-4-3-5-7-15)19(25)17(13)18(24)22-16-10-20-12-21-11-16/h3-12,14H,1-2H3,(H,22,24). The summed E-state index contributed by atoms with van der Waals surface area (Å²) in [5, 5.41) is 2.67. The number of hydrogen-bond donors (Lipinski definition) is 1. The molecule has 0 aliphatic rings. The van der Waals surface area contributed by atoms with Gasteiger partial charge in [-0.25, -0.2) is 9.97 Å². The number of hydrogen-bond acceptors (Lipinski definition) is 4. The van der Waals surface area contributed by atoms with E-state index in [1.165, 1.54) is 18.7 Å². The van der Waals surface area contributed by atoms with Crippen LogP contribution >= 0.6 is 0 Å². The monoisotopic (exact) mass is 334 g/mol. The largest absolute Gasteiger partial charge is 0.319 e. The van der Waals surface area contributed by atoms with Crippen molar-refractivity contribution in [1.29, 1.82) is 0 Å². The minimum Gasteiger partial charge on any atom is -0.319 e. The fourth-order valence-electron chi connectivity index (χ4n) is 2.67. The third-order valence-electron chi connectivity index (χ3n) is 4.07. The van der Waals surface area contributed by atoms with E-state index in [2.05, 4.69) is 15.3 Å². The second-order valence-corrected chi connectivity index (χ2v) is 5.75. The molecule has 6 nitrogen and oxygen atoms in total. The van der Waals surface area contributed by atoms with E-state index in [1.54, 1.807) is 23.8 Å². The lowest BCUT2D eigenvalue weighted by atomic mass is 10.1. The van der Waals surface area contributed by atoms with Gasteiger partial charge in [-0.2, -0.15) is 0 Å². The highest BCUT2D eigenvalue weighted by molar-refractivity contribution is 6.04. The van der Waals surface area contributed by atoms with Gasteiger partial charge in [-0.15, -0.1) is 0 Å². The first-order chi connectivity index (χ1) is 12.1. The van der Waals surface area contributed by atoms with Gasteiger partial charge >= 0.3 is 0 Å². The van der Waals surface area contributed by atoms with Crippen molar-refractivity contribution in [2.24, 2.45) is 0 Å². The van der Waals surface area contributed by atoms with E-state index in [0.29, 0.717) is 11.3 Å². The second-order valence-electron chi connectivity index (χ2n) is 5.75. The predicted molar refractivity (Wildman–Crippen MR) is 95.7 cm³/mol. The summed E-state index contributed by atoms with van der Waals surface area (Å²) < 4.78 is 1.57. The normalized spacial score (nSPS) is 11.8. The molecule has 0 saturated carbocycles. The van der Waals surface area contributed by atoms with Crippen molar-refractivity contribution in [3.8, 4) is 0 Å². The molecule has 1 N–H and O–H groups in total. The average Bonchev–Trinajstić information content (AvgIpc) is 2.63. The number of pyridine rings is 1. The Morgan fingerprint density at radius 3 is 2.48 bits per heavy atom. The number of aromatic nitrogens is 3. The molecule has 126 valence electrons. The van der Waals surface area contributed by atoms with Crippen LogP contribution < -0.4 is 10.9 Å². The number of anilines is 1. The molecule has 3 rings (SSSR count). The maximum absolute atomic E-state index is 12.9. The van der Waals surface area contributed by atoms with Gasteiger partial charge in [0.2, 0.25) is 0 Å². The Hall–Kier alpha value is -3.28. The van der Waals surface area contributed by atoms with Crippen LogP contribution in [0.15, 0.2) is 66.1 Å². The maximum atomic E-state index is 12.9. The van der Waals surface area contributed by atoms with Gasteiger partial charge in [0.15, 0.2) is 0 Å². The number of carbonyl (C=O) groups is 1. The van der Waals surface area contributed by atoms with Crippen LogP contribution in [0.3, 0.4) is 0 Å². The molecule has 2 heterocycles. The summed E-state index contributed by atoms with van der Waals surface area (Å²) in [5.74, 6) is -0.466. The molecule has 3 aromatic rings. The zero-order chi connectivity index (χ0) is 17.8. The number of benzene rings is 1. The van der Waals surface area contributed by atoms with Gasteiger partial charge in [0.05, 0.1) is 24.1 Å². The lowest BCUT2D eigenvalue weighted by Crippen LogP contribution is -2.32. The number of nitrogens with one attached hydrogen (secondary N) is 1. The second kappa shape index (κ2) is 7.09. The summed E-state index contributed by atoms with van der Waals surface area (Å²) in [6, 6.07) is 11.3. The third kappa shape index (κ3) is 3.47. The molecule has 1 unspecified atom stereocenters. The maximum Gasteiger partial charge on any atom is 0.264 e. The quantitative estimate of drug-likeness (QED) is 0.796. The van der Waals surface area contributed by atoms with E-state index in [9.17, 15) is 9.59 Å². The first-order valence-corrected chi connectivity index (χ1v) is 7.91. The Bertz CT molecular complexity index is 937. The van der Waals surface area contributed by atoms with Gasteiger partial charge in [0, 0.05) is 6.20 Å². The predicted octanol–water partition coefficient (Wildman–Crippen LogP) is 2.81. The molecule has 0 spiro atoms. The van der Waals surface area contributed by atoms with Crippen molar-refractivity contribution in [2.75, 3.05) is 5.32 Å². The number of amides is 1. The molecule has 0 bridgehead atoms. The zero-order valence-corrected chi connectivity index (χ0v) is 14.0. The highest BCUT2D eigenvalue weighted by Crippen LogP contribution is 2.17. The van der Waals surface area contributed by atoms with Crippen LogP contribution in [0.1, 0.15) is 34.5 Å². The van der Waals surface area contributed by atoms with Crippen LogP contribution in [0.5, 0.6) is 0 Å². The number of aryl methyl sites for hydroxylation is 1. The van der Waals surface area contributed by atoms with Crippen LogP contribution in [0.25, 0.3) is 0 Å². The van der Waals surface area contributed by atoms with Crippen LogP contribution in [0.4, 0.5) is 5.69 Å². The summed E-state index contributed by atoms with van der Waals surface area (Å²) in [4.78, 5) is 33.2. The lowest BCUT2D eigenvalue weighted by Gasteiger charge is -2.17. The summed E-state index contributed by atoms with van der Waals surface area (Å²) in [5.41, 5.74) is 1.85. The SMILES string of the molecule is Cc1ccn(C(C)c2ccccc2)c(=O)c1C(=O)Nc1cncnc1. The van der Waals surface area contributed by atoms with E-state index in [-0.39, 0.29) is 17.2 Å². The fraction of sp³-hybridized carbons (Fsp3) is 0.158. The number of rotatable bonds is 4. The van der Waals surface area contributed by atoms with Crippen LogP contribution in [-0.4, -0.2) is 20.4 Å². The first-order valence-electron chi connectivity index (χ1n) is 7.91. The van der Waals surface area contributed by atoms with Crippen molar-refractivity contribution in [1.82, 2.24) is 14.5 Å². The summed E-state index contributed by atoms with van der Waals surface area (Å²) >= 11 is 0. The molecule has 0 aliphatic carbocycles. The summed E-state index contributed by atoms with van der Waals surface area (Å²) in [7, 11) is 0. The van der Waals surface area contributed by atoms with Gasteiger partial charge in [0.1, 0.15) is 11.9 Å². The molecule has 0 fully saturated rings. The number of nitrogens with zero attached hydrogens (tertiary/aromatic N) is 3. The van der Waals surface area contributed by atoms with Gasteiger partial charge in [-0.05, 0) is 31.0 Å². The first kappa shape index (κ1) is 16.6. The zero-order valence-electron chi connectivity index (χ0n) is 14.0. The Labute approximate surface area is 145 Å². The Morgan fingerprint density at radius 2 is 1.80 bits per heavy atom. The van der Waals surface area contributed by atoms with E-state index < -0.39 is 5.91 Å². The van der Waals surface area contributed by atoms with E-state index >= 15 is 0 Å². The Balaban J connectivity index is 1.98. The molecule has 1 atom stereocenters. The average molecular weight is 334 g/mol. The molecular formula is C19H18N4O2. The topological polar surface area (TPSA) is 76.9 Å². The summed E-state index contributed by atoms with van der Waals surface area (Å²) in [6.07, 6.45) is 6.05. The Kier molecular flexibility index (Phi) is 4.70. The van der Waals surface area contributed by atoms with Crippen molar-refractivity contribution in [2.45, 2.75) is 19.9 Å². The lowest BCUT2D eigenvalue weighted by molar-refractivity contribution is 0.102. The van der Waals surface area contributed by atoms with Crippen LogP contribution in [0.2, 0.25) is 0 Å². The molecule has 1 aromatic carbocycles. The minimum absolute atomic E-state index is 0.120. The fourth-order valence-corrected chi connectivity index (χ4v) is 2.67. The summed E-state index contributed by atoms with van der Waals surface area (Å²) in [6.45, 7) is 3.67. The molecule has 0 saturated heterocycles. The van der Waals surface area contributed by atoms with E-state index in [4.69, 9.17) is 0 Å². The van der Waals surface area contributed by atoms with Gasteiger partial charge in [-0.1, -0.05) is 30.3 Å². The highest BCUT2D eigenvalue weighted by atomic mass is 16.2. The highest BCUT2D eigenvalue weighted by Gasteiger charge is 2.19. The smallest absolute Gasteiger partial charge is 0.264 e. The molecule has 25 heavy (non-hydrogen) atoms. The molecular weight excluding hydrogens is 316 g/mol. The van der Waals surface area contributed by atoms with Crippen molar-refractivity contribution in [3.63, 3.8) is 0 Å². The van der Waals surface area contributed by atoms with Gasteiger partial charge in [-0.3, -0.25) is 9.59 Å². The number of carbonyl (C=O) groups excluding carboxylic acids is 1. The van der Waals surface area contributed by atoms with E-state index in [1.807, 2.05) is 37.3 Å². The van der Waals surface area contributed by atoms with Gasteiger partial charge in [0.25, 0.3) is 11.5 Å². The molecule has 6 heteroatoms. The van der Waals surface area contributed by atoms with E-state index in [0.717, 1.165) is 5.56 Å².